The van der Waals surface area contributed by atoms with Gasteiger partial charge in [-0.1, -0.05) is 23.7 Å². The zero-order valence-electron chi connectivity index (χ0n) is 9.37. The number of nitrogens with zero attached hydrogens (tertiary/aromatic N) is 1. The standard InChI is InChI=1S/C14H11ClN2/c1-9-6-11-7-12(8-16-14(11)17-9)10-2-4-13(15)5-3-10/h2-8H,1H3,(H,16,17). The second kappa shape index (κ2) is 3.90. The van der Waals surface area contributed by atoms with Crippen LogP contribution in [0.4, 0.5) is 0 Å². The summed E-state index contributed by atoms with van der Waals surface area (Å²) >= 11 is 5.88. The van der Waals surface area contributed by atoms with Gasteiger partial charge >= 0.3 is 0 Å². The van der Waals surface area contributed by atoms with E-state index in [-0.39, 0.29) is 0 Å². The van der Waals surface area contributed by atoms with E-state index in [9.17, 15) is 0 Å². The van der Waals surface area contributed by atoms with Crippen LogP contribution in [0.5, 0.6) is 0 Å². The van der Waals surface area contributed by atoms with E-state index in [1.54, 1.807) is 0 Å². The van der Waals surface area contributed by atoms with Crippen molar-refractivity contribution in [3.05, 3.63) is 53.3 Å². The minimum absolute atomic E-state index is 0.750. The lowest BCUT2D eigenvalue weighted by Crippen LogP contribution is -1.81. The number of pyridine rings is 1. The van der Waals surface area contributed by atoms with Gasteiger partial charge in [0.05, 0.1) is 0 Å². The van der Waals surface area contributed by atoms with Gasteiger partial charge in [-0.3, -0.25) is 0 Å². The number of hydrogen-bond acceptors (Lipinski definition) is 1. The molecule has 2 aromatic heterocycles. The van der Waals surface area contributed by atoms with Crippen LogP contribution in [0.25, 0.3) is 22.2 Å². The molecule has 0 amide bonds. The Morgan fingerprint density at radius 1 is 1.06 bits per heavy atom. The Bertz CT molecular complexity index is 668. The quantitative estimate of drug-likeness (QED) is 0.681. The zero-order valence-corrected chi connectivity index (χ0v) is 10.1. The molecule has 2 nitrogen and oxygen atoms in total. The van der Waals surface area contributed by atoms with Gasteiger partial charge in [0.25, 0.3) is 0 Å². The Morgan fingerprint density at radius 3 is 2.59 bits per heavy atom. The summed E-state index contributed by atoms with van der Waals surface area (Å²) in [7, 11) is 0. The number of fused-ring (bicyclic) bond motifs is 1. The third-order valence-electron chi connectivity index (χ3n) is 2.78. The lowest BCUT2D eigenvalue weighted by Gasteiger charge is -2.01. The molecule has 0 bridgehead atoms. The fourth-order valence-corrected chi connectivity index (χ4v) is 2.08. The molecule has 0 aliphatic rings. The highest BCUT2D eigenvalue weighted by molar-refractivity contribution is 6.30. The number of aryl methyl sites for hydroxylation is 1. The molecule has 17 heavy (non-hydrogen) atoms. The second-order valence-corrected chi connectivity index (χ2v) is 4.56. The van der Waals surface area contributed by atoms with E-state index in [0.717, 1.165) is 32.9 Å². The van der Waals surface area contributed by atoms with Crippen molar-refractivity contribution in [2.24, 2.45) is 0 Å². The third kappa shape index (κ3) is 1.92. The van der Waals surface area contributed by atoms with E-state index in [0.29, 0.717) is 0 Å². The van der Waals surface area contributed by atoms with Crippen molar-refractivity contribution >= 4 is 22.6 Å². The van der Waals surface area contributed by atoms with Crippen molar-refractivity contribution in [3.8, 4) is 11.1 Å². The van der Waals surface area contributed by atoms with Gasteiger partial charge in [-0.25, -0.2) is 4.98 Å². The summed E-state index contributed by atoms with van der Waals surface area (Å²) in [5, 5.41) is 1.88. The van der Waals surface area contributed by atoms with Crippen LogP contribution >= 0.6 is 11.6 Å². The van der Waals surface area contributed by atoms with E-state index in [4.69, 9.17) is 11.6 Å². The normalized spacial score (nSPS) is 10.9. The van der Waals surface area contributed by atoms with Crippen LogP contribution in [0.2, 0.25) is 5.02 Å². The van der Waals surface area contributed by atoms with Crippen molar-refractivity contribution in [1.82, 2.24) is 9.97 Å². The Balaban J connectivity index is 2.13. The average Bonchev–Trinajstić information content (AvgIpc) is 2.69. The van der Waals surface area contributed by atoms with Gasteiger partial charge in [-0.05, 0) is 36.8 Å². The van der Waals surface area contributed by atoms with E-state index < -0.39 is 0 Å². The van der Waals surface area contributed by atoms with E-state index in [1.165, 1.54) is 0 Å². The van der Waals surface area contributed by atoms with Crippen molar-refractivity contribution in [3.63, 3.8) is 0 Å². The molecule has 0 unspecified atom stereocenters. The van der Waals surface area contributed by atoms with Crippen LogP contribution in [-0.2, 0) is 0 Å². The summed E-state index contributed by atoms with van der Waals surface area (Å²) in [5.74, 6) is 0. The second-order valence-electron chi connectivity index (χ2n) is 4.12. The molecule has 0 atom stereocenters. The van der Waals surface area contributed by atoms with Gasteiger partial charge in [0.2, 0.25) is 0 Å². The zero-order chi connectivity index (χ0) is 11.8. The van der Waals surface area contributed by atoms with Gasteiger partial charge in [0.1, 0.15) is 5.65 Å². The van der Waals surface area contributed by atoms with E-state index in [2.05, 4.69) is 22.1 Å². The summed E-state index contributed by atoms with van der Waals surface area (Å²) in [4.78, 5) is 7.63. The minimum atomic E-state index is 0.750. The fourth-order valence-electron chi connectivity index (χ4n) is 1.95. The van der Waals surface area contributed by atoms with Crippen molar-refractivity contribution in [2.75, 3.05) is 0 Å². The molecule has 3 heteroatoms. The highest BCUT2D eigenvalue weighted by Crippen LogP contribution is 2.24. The third-order valence-corrected chi connectivity index (χ3v) is 3.03. The summed E-state index contributed by atoms with van der Waals surface area (Å²) in [5.41, 5.74) is 4.29. The number of benzene rings is 1. The van der Waals surface area contributed by atoms with Crippen LogP contribution in [-0.4, -0.2) is 9.97 Å². The molecule has 1 aromatic carbocycles. The largest absolute Gasteiger partial charge is 0.344 e. The molecule has 1 N–H and O–H groups in total. The first-order valence-corrected chi connectivity index (χ1v) is 5.81. The van der Waals surface area contributed by atoms with Crippen molar-refractivity contribution in [2.45, 2.75) is 6.92 Å². The number of hydrogen-bond donors (Lipinski definition) is 1. The Morgan fingerprint density at radius 2 is 1.82 bits per heavy atom. The lowest BCUT2D eigenvalue weighted by atomic mass is 10.1. The molecule has 0 aliphatic carbocycles. The number of halogens is 1. The molecular formula is C14H11ClN2. The van der Waals surface area contributed by atoms with Crippen LogP contribution < -0.4 is 0 Å². The van der Waals surface area contributed by atoms with Gasteiger partial charge < -0.3 is 4.98 Å². The smallest absolute Gasteiger partial charge is 0.137 e. The number of aromatic amines is 1. The van der Waals surface area contributed by atoms with Crippen molar-refractivity contribution in [1.29, 1.82) is 0 Å². The first kappa shape index (κ1) is 10.4. The Hall–Kier alpha value is -1.80. The van der Waals surface area contributed by atoms with Gasteiger partial charge in [0.15, 0.2) is 0 Å². The molecule has 3 aromatic rings. The van der Waals surface area contributed by atoms with E-state index in [1.807, 2.05) is 37.4 Å². The molecule has 0 saturated heterocycles. The molecule has 0 radical (unpaired) electrons. The van der Waals surface area contributed by atoms with Gasteiger partial charge in [0, 0.05) is 27.9 Å². The summed E-state index contributed by atoms with van der Waals surface area (Å²) in [6, 6.07) is 12.0. The molecule has 0 aliphatic heterocycles. The predicted molar refractivity (Wildman–Crippen MR) is 71.3 cm³/mol. The molecule has 0 fully saturated rings. The number of nitrogens with one attached hydrogen (secondary N) is 1. The highest BCUT2D eigenvalue weighted by Gasteiger charge is 2.02. The summed E-state index contributed by atoms with van der Waals surface area (Å²) < 4.78 is 0. The van der Waals surface area contributed by atoms with Crippen molar-refractivity contribution < 1.29 is 0 Å². The highest BCUT2D eigenvalue weighted by atomic mass is 35.5. The molecule has 0 saturated carbocycles. The number of rotatable bonds is 1. The molecule has 3 rings (SSSR count). The maximum Gasteiger partial charge on any atom is 0.137 e. The SMILES string of the molecule is Cc1cc2cc(-c3ccc(Cl)cc3)cnc2[nH]1. The molecule has 2 heterocycles. The van der Waals surface area contributed by atoms with Crippen LogP contribution in [0.15, 0.2) is 42.6 Å². The first-order valence-electron chi connectivity index (χ1n) is 5.44. The maximum atomic E-state index is 5.88. The molecular weight excluding hydrogens is 232 g/mol. The van der Waals surface area contributed by atoms with Gasteiger partial charge in [-0.15, -0.1) is 0 Å². The number of H-pyrrole nitrogens is 1. The Labute approximate surface area is 104 Å². The van der Waals surface area contributed by atoms with Crippen LogP contribution in [0, 0.1) is 6.92 Å². The predicted octanol–water partition coefficient (Wildman–Crippen LogP) is 4.19. The average molecular weight is 243 g/mol. The maximum absolute atomic E-state index is 5.88. The first-order chi connectivity index (χ1) is 8.22. The Kier molecular flexibility index (Phi) is 2.37. The fraction of sp³-hybridized carbons (Fsp3) is 0.0714. The van der Waals surface area contributed by atoms with Crippen LogP contribution in [0.1, 0.15) is 5.69 Å². The van der Waals surface area contributed by atoms with E-state index >= 15 is 0 Å². The summed E-state index contributed by atoms with van der Waals surface area (Å²) in [6.45, 7) is 2.03. The van der Waals surface area contributed by atoms with Crippen LogP contribution in [0.3, 0.4) is 0 Å². The monoisotopic (exact) mass is 242 g/mol. The minimum Gasteiger partial charge on any atom is -0.344 e. The lowest BCUT2D eigenvalue weighted by molar-refractivity contribution is 1.25. The molecule has 0 spiro atoms. The molecule has 84 valence electrons. The topological polar surface area (TPSA) is 28.7 Å². The number of aromatic nitrogens is 2. The van der Waals surface area contributed by atoms with Gasteiger partial charge in [-0.2, -0.15) is 0 Å². The summed E-state index contributed by atoms with van der Waals surface area (Å²) in [6.07, 6.45) is 1.88.